The van der Waals surface area contributed by atoms with Crippen LogP contribution in [-0.4, -0.2) is 22.9 Å². The second-order valence-electron chi connectivity index (χ2n) is 4.63. The van der Waals surface area contributed by atoms with E-state index in [4.69, 9.17) is 14.6 Å². The van der Waals surface area contributed by atoms with Crippen molar-refractivity contribution in [1.29, 1.82) is 0 Å². The second-order valence-corrected chi connectivity index (χ2v) is 4.63. The van der Waals surface area contributed by atoms with E-state index in [0.717, 1.165) is 12.4 Å². The predicted octanol–water partition coefficient (Wildman–Crippen LogP) is 2.34. The van der Waals surface area contributed by atoms with E-state index in [1.807, 2.05) is 20.8 Å². The molecule has 0 spiro atoms. The molecule has 0 saturated carbocycles. The summed E-state index contributed by atoms with van der Waals surface area (Å²) in [5, 5.41) is 9.15. The van der Waals surface area contributed by atoms with Crippen LogP contribution in [0.3, 0.4) is 0 Å². The summed E-state index contributed by atoms with van der Waals surface area (Å²) in [7, 11) is 0. The van der Waals surface area contributed by atoms with E-state index in [1.165, 1.54) is 0 Å². The van der Waals surface area contributed by atoms with Gasteiger partial charge in [0.1, 0.15) is 22.7 Å². The van der Waals surface area contributed by atoms with Crippen molar-refractivity contribution < 1.29 is 14.6 Å². The molecule has 0 aliphatic carbocycles. The van der Waals surface area contributed by atoms with E-state index in [2.05, 4.69) is 0 Å². The monoisotopic (exact) mass is 208 g/mol. The maximum atomic E-state index is 9.15. The average molecular weight is 208 g/mol. The zero-order valence-electron chi connectivity index (χ0n) is 9.28. The molecule has 1 aliphatic rings. The van der Waals surface area contributed by atoms with Crippen LogP contribution >= 0.6 is 0 Å². The number of phenols is 1. The molecule has 0 amide bonds. The molecular formula is C12H16O3. The molecule has 1 aromatic rings. The first-order valence-electron chi connectivity index (χ1n) is 5.05. The van der Waals surface area contributed by atoms with Crippen LogP contribution in [0.2, 0.25) is 0 Å². The molecule has 1 saturated heterocycles. The molecular weight excluding hydrogens is 192 g/mol. The first kappa shape index (κ1) is 10.3. The average Bonchev–Trinajstić information content (AvgIpc) is 2.89. The summed E-state index contributed by atoms with van der Waals surface area (Å²) in [5.74, 6) is 0.989. The molecule has 3 nitrogen and oxygen atoms in total. The molecule has 1 N–H and O–H groups in total. The van der Waals surface area contributed by atoms with Crippen LogP contribution in [0.4, 0.5) is 0 Å². The van der Waals surface area contributed by atoms with Gasteiger partial charge in [-0.25, -0.2) is 0 Å². The Morgan fingerprint density at radius 3 is 2.33 bits per heavy atom. The Bertz CT molecular complexity index is 350. The lowest BCUT2D eigenvalue weighted by Crippen LogP contribution is -2.43. The minimum absolute atomic E-state index is 0.190. The molecule has 1 aliphatic heterocycles. The van der Waals surface area contributed by atoms with Gasteiger partial charge >= 0.3 is 0 Å². The van der Waals surface area contributed by atoms with E-state index >= 15 is 0 Å². The fourth-order valence-electron chi connectivity index (χ4n) is 1.37. The van der Waals surface area contributed by atoms with Gasteiger partial charge in [0.2, 0.25) is 0 Å². The first-order valence-corrected chi connectivity index (χ1v) is 5.05. The standard InChI is InChI=1S/C12H16O3/c1-11(2,12(3)8-14-12)15-10-6-4-9(13)5-7-10/h4-7,13H,8H2,1-3H3. The Balaban J connectivity index is 2.11. The zero-order valence-corrected chi connectivity index (χ0v) is 9.28. The maximum absolute atomic E-state index is 9.15. The van der Waals surface area contributed by atoms with Crippen LogP contribution in [-0.2, 0) is 4.74 Å². The van der Waals surface area contributed by atoms with Crippen molar-refractivity contribution in [3.63, 3.8) is 0 Å². The summed E-state index contributed by atoms with van der Waals surface area (Å²) in [6.45, 7) is 6.78. The van der Waals surface area contributed by atoms with Crippen molar-refractivity contribution >= 4 is 0 Å². The summed E-state index contributed by atoms with van der Waals surface area (Å²) in [5.41, 5.74) is -0.547. The number of ether oxygens (including phenoxy) is 2. The number of hydrogen-bond acceptors (Lipinski definition) is 3. The van der Waals surface area contributed by atoms with Gasteiger partial charge in [0, 0.05) is 0 Å². The lowest BCUT2D eigenvalue weighted by Gasteiger charge is -2.30. The van der Waals surface area contributed by atoms with Crippen molar-refractivity contribution in [2.75, 3.05) is 6.61 Å². The third-order valence-electron chi connectivity index (χ3n) is 3.06. The van der Waals surface area contributed by atoms with E-state index in [1.54, 1.807) is 24.3 Å². The Kier molecular flexibility index (Phi) is 2.15. The van der Waals surface area contributed by atoms with Gasteiger partial charge in [-0.2, -0.15) is 0 Å². The van der Waals surface area contributed by atoms with Gasteiger partial charge in [0.15, 0.2) is 0 Å². The fourth-order valence-corrected chi connectivity index (χ4v) is 1.37. The van der Waals surface area contributed by atoms with Gasteiger partial charge < -0.3 is 14.6 Å². The zero-order chi connectivity index (χ0) is 11.1. The third-order valence-corrected chi connectivity index (χ3v) is 3.06. The smallest absolute Gasteiger partial charge is 0.134 e. The molecule has 1 unspecified atom stereocenters. The van der Waals surface area contributed by atoms with Crippen LogP contribution < -0.4 is 4.74 Å². The molecule has 3 heteroatoms. The van der Waals surface area contributed by atoms with E-state index in [9.17, 15) is 0 Å². The van der Waals surface area contributed by atoms with E-state index in [-0.39, 0.29) is 17.0 Å². The number of rotatable bonds is 3. The van der Waals surface area contributed by atoms with Crippen LogP contribution in [0.25, 0.3) is 0 Å². The molecule has 0 radical (unpaired) electrons. The van der Waals surface area contributed by atoms with Gasteiger partial charge in [0.25, 0.3) is 0 Å². The maximum Gasteiger partial charge on any atom is 0.134 e. The number of aromatic hydroxyl groups is 1. The highest BCUT2D eigenvalue weighted by Crippen LogP contribution is 2.40. The summed E-state index contributed by atoms with van der Waals surface area (Å²) >= 11 is 0. The Labute approximate surface area is 89.6 Å². The van der Waals surface area contributed by atoms with E-state index < -0.39 is 0 Å². The highest BCUT2D eigenvalue weighted by atomic mass is 16.6. The largest absolute Gasteiger partial charge is 0.508 e. The lowest BCUT2D eigenvalue weighted by molar-refractivity contribution is 0.0268. The van der Waals surface area contributed by atoms with Gasteiger partial charge in [-0.1, -0.05) is 0 Å². The fraction of sp³-hybridized carbons (Fsp3) is 0.500. The quantitative estimate of drug-likeness (QED) is 0.775. The third kappa shape index (κ3) is 1.92. The molecule has 1 aromatic carbocycles. The molecule has 2 rings (SSSR count). The van der Waals surface area contributed by atoms with Gasteiger partial charge in [0.05, 0.1) is 6.61 Å². The predicted molar refractivity (Wildman–Crippen MR) is 57.2 cm³/mol. The van der Waals surface area contributed by atoms with Gasteiger partial charge in [-0.05, 0) is 45.0 Å². The van der Waals surface area contributed by atoms with Gasteiger partial charge in [-0.15, -0.1) is 0 Å². The minimum Gasteiger partial charge on any atom is -0.508 e. The van der Waals surface area contributed by atoms with Crippen LogP contribution in [0.5, 0.6) is 11.5 Å². The molecule has 0 bridgehead atoms. The normalized spacial score (nSPS) is 25.0. The molecule has 1 heterocycles. The lowest BCUT2D eigenvalue weighted by atomic mass is 9.93. The number of hydrogen-bond donors (Lipinski definition) is 1. The Morgan fingerprint density at radius 2 is 1.87 bits per heavy atom. The van der Waals surface area contributed by atoms with E-state index in [0.29, 0.717) is 0 Å². The summed E-state index contributed by atoms with van der Waals surface area (Å²) in [4.78, 5) is 0. The van der Waals surface area contributed by atoms with Crippen LogP contribution in [0.15, 0.2) is 24.3 Å². The van der Waals surface area contributed by atoms with Crippen molar-refractivity contribution in [1.82, 2.24) is 0 Å². The van der Waals surface area contributed by atoms with Crippen molar-refractivity contribution in [3.8, 4) is 11.5 Å². The molecule has 1 fully saturated rings. The number of benzene rings is 1. The van der Waals surface area contributed by atoms with Crippen molar-refractivity contribution in [2.45, 2.75) is 32.0 Å². The highest BCUT2D eigenvalue weighted by Gasteiger charge is 2.54. The Morgan fingerprint density at radius 1 is 1.33 bits per heavy atom. The summed E-state index contributed by atoms with van der Waals surface area (Å²) in [6.07, 6.45) is 0. The molecule has 1 atom stereocenters. The number of phenolic OH excluding ortho intramolecular Hbond substituents is 1. The van der Waals surface area contributed by atoms with Crippen LogP contribution in [0, 0.1) is 0 Å². The summed E-state index contributed by atoms with van der Waals surface area (Å²) < 4.78 is 11.2. The number of epoxide rings is 1. The Hall–Kier alpha value is -1.22. The second kappa shape index (κ2) is 3.14. The molecule has 82 valence electrons. The minimum atomic E-state index is -0.357. The topological polar surface area (TPSA) is 42.0 Å². The SMILES string of the molecule is CC(C)(Oc1ccc(O)cc1)C1(C)CO1. The first-order chi connectivity index (χ1) is 6.93. The van der Waals surface area contributed by atoms with Crippen molar-refractivity contribution in [3.05, 3.63) is 24.3 Å². The molecule has 0 aromatic heterocycles. The van der Waals surface area contributed by atoms with Gasteiger partial charge in [-0.3, -0.25) is 0 Å². The highest BCUT2D eigenvalue weighted by molar-refractivity contribution is 5.31. The van der Waals surface area contributed by atoms with Crippen LogP contribution in [0.1, 0.15) is 20.8 Å². The molecule has 15 heavy (non-hydrogen) atoms. The summed E-state index contributed by atoms with van der Waals surface area (Å²) in [6, 6.07) is 6.73. The van der Waals surface area contributed by atoms with Crippen molar-refractivity contribution in [2.24, 2.45) is 0 Å².